The van der Waals surface area contributed by atoms with Crippen LogP contribution in [0.25, 0.3) is 0 Å². The van der Waals surface area contributed by atoms with Crippen LogP contribution in [-0.2, 0) is 15.9 Å². The van der Waals surface area contributed by atoms with Crippen LogP contribution in [0.15, 0.2) is 59.2 Å². The average Bonchev–Trinajstić information content (AvgIpc) is 2.69. The fraction of sp³-hybridized carbons (Fsp3) is 0.455. The second-order valence-electron chi connectivity index (χ2n) is 7.19. The molecule has 1 aliphatic heterocycles. The van der Waals surface area contributed by atoms with Gasteiger partial charge in [-0.25, -0.2) is 0 Å². The summed E-state index contributed by atoms with van der Waals surface area (Å²) in [6, 6.07) is 8.24. The number of rotatable bonds is 7. The van der Waals surface area contributed by atoms with Crippen LogP contribution in [0, 0.1) is 6.92 Å². The molecule has 6 heteroatoms. The summed E-state index contributed by atoms with van der Waals surface area (Å²) < 4.78 is 11.1. The van der Waals surface area contributed by atoms with E-state index >= 15 is 0 Å². The summed E-state index contributed by atoms with van der Waals surface area (Å²) in [4.78, 5) is 0. The SMILES string of the molecule is C=C(/C=C\C(Cl)=C(/C)Cc1ccc(C)cc1)[C@]1(OC)O[C@H](CO)C[C@H](O)[C@H]1O. The van der Waals surface area contributed by atoms with Gasteiger partial charge in [-0.3, -0.25) is 0 Å². The smallest absolute Gasteiger partial charge is 0.223 e. The molecule has 1 saturated heterocycles. The molecular formula is C22H29ClO5. The molecule has 0 bridgehead atoms. The minimum absolute atomic E-state index is 0.107. The molecule has 0 aromatic heterocycles. The zero-order valence-electron chi connectivity index (χ0n) is 16.6. The first kappa shape index (κ1) is 22.8. The molecule has 0 unspecified atom stereocenters. The lowest BCUT2D eigenvalue weighted by Gasteiger charge is -2.45. The number of hydrogen-bond acceptors (Lipinski definition) is 5. The van der Waals surface area contributed by atoms with Crippen LogP contribution >= 0.6 is 11.6 Å². The highest BCUT2D eigenvalue weighted by molar-refractivity contribution is 6.31. The first-order chi connectivity index (χ1) is 13.2. The maximum Gasteiger partial charge on any atom is 0.223 e. The number of aryl methyl sites for hydroxylation is 1. The minimum Gasteiger partial charge on any atom is -0.394 e. The molecular weight excluding hydrogens is 380 g/mol. The quantitative estimate of drug-likeness (QED) is 0.604. The van der Waals surface area contributed by atoms with Gasteiger partial charge in [0.1, 0.15) is 6.10 Å². The van der Waals surface area contributed by atoms with E-state index in [9.17, 15) is 15.3 Å². The molecule has 1 aromatic rings. The molecule has 28 heavy (non-hydrogen) atoms. The molecule has 1 heterocycles. The van der Waals surface area contributed by atoms with E-state index in [-0.39, 0.29) is 13.0 Å². The molecule has 0 saturated carbocycles. The van der Waals surface area contributed by atoms with Crippen molar-refractivity contribution in [2.75, 3.05) is 13.7 Å². The fourth-order valence-electron chi connectivity index (χ4n) is 3.22. The minimum atomic E-state index is -1.65. The number of halogens is 1. The molecule has 5 nitrogen and oxygen atoms in total. The third-order valence-electron chi connectivity index (χ3n) is 4.98. The molecule has 3 N–H and O–H groups in total. The average molecular weight is 409 g/mol. The highest BCUT2D eigenvalue weighted by atomic mass is 35.5. The van der Waals surface area contributed by atoms with E-state index in [2.05, 4.69) is 30.8 Å². The lowest BCUT2D eigenvalue weighted by atomic mass is 9.90. The standard InChI is InChI=1S/C22H29ClO5/c1-14-5-8-17(9-6-14)11-15(2)19(23)10-7-16(3)22(27-4)21(26)20(25)12-18(13-24)28-22/h5-10,18,20-21,24-26H,3,11-13H2,1-2,4H3/b10-7-,19-15-/t18-,20-,21+,22-/m0/s1. The van der Waals surface area contributed by atoms with Crippen LogP contribution < -0.4 is 0 Å². The summed E-state index contributed by atoms with van der Waals surface area (Å²) in [7, 11) is 1.36. The molecule has 1 fully saturated rings. The molecule has 154 valence electrons. The lowest BCUT2D eigenvalue weighted by molar-refractivity contribution is -0.314. The Morgan fingerprint density at radius 1 is 1.32 bits per heavy atom. The Balaban J connectivity index is 2.17. The molecule has 1 aromatic carbocycles. The van der Waals surface area contributed by atoms with Gasteiger partial charge in [0.25, 0.3) is 0 Å². The number of aliphatic hydroxyl groups is 3. The Bertz CT molecular complexity index is 740. The molecule has 0 radical (unpaired) electrons. The number of benzene rings is 1. The third-order valence-corrected chi connectivity index (χ3v) is 5.43. The Hall–Kier alpha value is -1.47. The van der Waals surface area contributed by atoms with E-state index in [0.29, 0.717) is 17.0 Å². The van der Waals surface area contributed by atoms with Crippen molar-refractivity contribution in [3.63, 3.8) is 0 Å². The summed E-state index contributed by atoms with van der Waals surface area (Å²) in [5.41, 5.74) is 3.62. The van der Waals surface area contributed by atoms with E-state index in [1.54, 1.807) is 12.2 Å². The van der Waals surface area contributed by atoms with Crippen molar-refractivity contribution in [1.29, 1.82) is 0 Å². The summed E-state index contributed by atoms with van der Waals surface area (Å²) in [5, 5.41) is 30.5. The summed E-state index contributed by atoms with van der Waals surface area (Å²) >= 11 is 6.42. The van der Waals surface area contributed by atoms with Crippen molar-refractivity contribution >= 4 is 11.6 Å². The van der Waals surface area contributed by atoms with Gasteiger partial charge in [0.15, 0.2) is 0 Å². The van der Waals surface area contributed by atoms with E-state index < -0.39 is 24.1 Å². The number of aliphatic hydroxyl groups excluding tert-OH is 3. The van der Waals surface area contributed by atoms with Gasteiger partial charge in [-0.1, -0.05) is 59.7 Å². The Morgan fingerprint density at radius 3 is 2.54 bits per heavy atom. The van der Waals surface area contributed by atoms with Gasteiger partial charge in [-0.15, -0.1) is 0 Å². The zero-order chi connectivity index (χ0) is 20.9. The summed E-state index contributed by atoms with van der Waals surface area (Å²) in [6.45, 7) is 7.61. The molecule has 0 amide bonds. The highest BCUT2D eigenvalue weighted by Crippen LogP contribution is 2.36. The van der Waals surface area contributed by atoms with Crippen molar-refractivity contribution in [2.24, 2.45) is 0 Å². The van der Waals surface area contributed by atoms with Crippen molar-refractivity contribution < 1.29 is 24.8 Å². The van der Waals surface area contributed by atoms with Crippen LogP contribution in [0.1, 0.15) is 24.5 Å². The van der Waals surface area contributed by atoms with Crippen LogP contribution in [0.2, 0.25) is 0 Å². The molecule has 0 aliphatic carbocycles. The maximum atomic E-state index is 10.4. The predicted molar refractivity (Wildman–Crippen MR) is 110 cm³/mol. The summed E-state index contributed by atoms with van der Waals surface area (Å²) in [6.07, 6.45) is 0.961. The summed E-state index contributed by atoms with van der Waals surface area (Å²) in [5.74, 6) is -1.65. The maximum absolute atomic E-state index is 10.4. The van der Waals surface area contributed by atoms with Gasteiger partial charge < -0.3 is 24.8 Å². The first-order valence-corrected chi connectivity index (χ1v) is 9.59. The van der Waals surface area contributed by atoms with E-state index in [1.165, 1.54) is 12.7 Å². The van der Waals surface area contributed by atoms with Gasteiger partial charge in [0, 0.05) is 24.1 Å². The van der Waals surface area contributed by atoms with Gasteiger partial charge in [0.2, 0.25) is 5.79 Å². The number of allylic oxidation sites excluding steroid dienone is 3. The van der Waals surface area contributed by atoms with E-state index in [0.717, 1.165) is 11.1 Å². The van der Waals surface area contributed by atoms with E-state index in [1.807, 2.05) is 13.8 Å². The van der Waals surface area contributed by atoms with Gasteiger partial charge in [-0.2, -0.15) is 0 Å². The van der Waals surface area contributed by atoms with Crippen molar-refractivity contribution in [3.8, 4) is 0 Å². The van der Waals surface area contributed by atoms with Crippen molar-refractivity contribution in [2.45, 2.75) is 50.8 Å². The fourth-order valence-corrected chi connectivity index (χ4v) is 3.35. The second kappa shape index (κ2) is 9.83. The molecule has 0 spiro atoms. The highest BCUT2D eigenvalue weighted by Gasteiger charge is 2.51. The van der Waals surface area contributed by atoms with Crippen LogP contribution in [-0.4, -0.2) is 53.1 Å². The molecule has 4 atom stereocenters. The van der Waals surface area contributed by atoms with Crippen molar-refractivity contribution in [3.05, 3.63) is 70.3 Å². The first-order valence-electron chi connectivity index (χ1n) is 9.21. The Kier molecular flexibility index (Phi) is 8.01. The van der Waals surface area contributed by atoms with Gasteiger partial charge >= 0.3 is 0 Å². The number of hydrogen-bond donors (Lipinski definition) is 3. The normalized spacial score (nSPS) is 29.0. The van der Waals surface area contributed by atoms with Crippen LogP contribution in [0.4, 0.5) is 0 Å². The largest absolute Gasteiger partial charge is 0.394 e. The second-order valence-corrected chi connectivity index (χ2v) is 7.60. The molecule has 2 rings (SSSR count). The number of ether oxygens (including phenoxy) is 2. The monoisotopic (exact) mass is 408 g/mol. The van der Waals surface area contributed by atoms with Gasteiger partial charge in [0.05, 0.1) is 18.8 Å². The van der Waals surface area contributed by atoms with Crippen LogP contribution in [0.3, 0.4) is 0 Å². The van der Waals surface area contributed by atoms with Gasteiger partial charge in [-0.05, 0) is 31.9 Å². The van der Waals surface area contributed by atoms with Crippen LogP contribution in [0.5, 0.6) is 0 Å². The Labute approximate surface area is 171 Å². The zero-order valence-corrected chi connectivity index (χ0v) is 17.3. The third kappa shape index (κ3) is 5.11. The molecule has 1 aliphatic rings. The van der Waals surface area contributed by atoms with Crippen molar-refractivity contribution in [1.82, 2.24) is 0 Å². The Morgan fingerprint density at radius 2 is 1.96 bits per heavy atom. The van der Waals surface area contributed by atoms with E-state index in [4.69, 9.17) is 21.1 Å². The topological polar surface area (TPSA) is 79.2 Å². The predicted octanol–water partition coefficient (Wildman–Crippen LogP) is 3.01. The number of methoxy groups -OCH3 is 1. The lowest BCUT2D eigenvalue weighted by Crippen LogP contribution is -2.60.